The van der Waals surface area contributed by atoms with Crippen molar-refractivity contribution in [1.82, 2.24) is 0 Å². The van der Waals surface area contributed by atoms with Gasteiger partial charge in [0.05, 0.1) is 12.2 Å². The molecule has 1 aliphatic heterocycles. The van der Waals surface area contributed by atoms with E-state index in [-0.39, 0.29) is 12.2 Å². The second-order valence-corrected chi connectivity index (χ2v) is 6.32. The van der Waals surface area contributed by atoms with Gasteiger partial charge in [0, 0.05) is 10.4 Å². The zero-order valence-corrected chi connectivity index (χ0v) is 14.1. The maximum absolute atomic E-state index is 12.3. The van der Waals surface area contributed by atoms with Crippen molar-refractivity contribution in [3.05, 3.63) is 71.8 Å². The molecule has 126 valence electrons. The molecule has 0 bridgehead atoms. The van der Waals surface area contributed by atoms with Crippen molar-refractivity contribution in [2.45, 2.75) is 6.10 Å². The molecule has 0 spiro atoms. The average Bonchev–Trinajstić information content (AvgIpc) is 3.01. The third-order valence-corrected chi connectivity index (χ3v) is 4.43. The summed E-state index contributed by atoms with van der Waals surface area (Å²) in [6, 6.07) is 21.0. The van der Waals surface area contributed by atoms with E-state index in [9.17, 15) is 4.79 Å². The Morgan fingerprint density at radius 2 is 1.80 bits per heavy atom. The van der Waals surface area contributed by atoms with E-state index in [4.69, 9.17) is 21.1 Å². The normalized spacial score (nSPS) is 16.9. The third kappa shape index (κ3) is 3.26. The van der Waals surface area contributed by atoms with Crippen molar-refractivity contribution >= 4 is 34.2 Å². The second-order valence-electron chi connectivity index (χ2n) is 5.88. The summed E-state index contributed by atoms with van der Waals surface area (Å²) in [5.41, 5.74) is 0.858. The maximum atomic E-state index is 12.3. The number of carbonyl (C=O) groups is 1. The van der Waals surface area contributed by atoms with Crippen LogP contribution in [0.25, 0.3) is 10.8 Å². The molecular weight excluding hydrogens is 338 g/mol. The van der Waals surface area contributed by atoms with Crippen molar-refractivity contribution < 1.29 is 14.3 Å². The molecule has 1 heterocycles. The van der Waals surface area contributed by atoms with Gasteiger partial charge in [0.25, 0.3) is 0 Å². The molecule has 4 rings (SSSR count). The highest BCUT2D eigenvalue weighted by Gasteiger charge is 2.33. The Morgan fingerprint density at radius 3 is 2.64 bits per heavy atom. The van der Waals surface area contributed by atoms with Crippen molar-refractivity contribution in [1.29, 1.82) is 0 Å². The van der Waals surface area contributed by atoms with Gasteiger partial charge in [0.1, 0.15) is 12.4 Å². The largest absolute Gasteiger partial charge is 0.490 e. The molecule has 1 fully saturated rings. The molecule has 3 aromatic rings. The van der Waals surface area contributed by atoms with Gasteiger partial charge in [0.2, 0.25) is 0 Å². The van der Waals surface area contributed by atoms with Gasteiger partial charge in [-0.05, 0) is 35.7 Å². The van der Waals surface area contributed by atoms with E-state index >= 15 is 0 Å². The first kappa shape index (κ1) is 15.8. The number of amides is 1. The molecule has 1 unspecified atom stereocenters. The van der Waals surface area contributed by atoms with Crippen molar-refractivity contribution in [2.24, 2.45) is 0 Å². The van der Waals surface area contributed by atoms with Gasteiger partial charge in [-0.15, -0.1) is 0 Å². The van der Waals surface area contributed by atoms with E-state index in [0.717, 1.165) is 16.5 Å². The number of cyclic esters (lactones) is 1. The van der Waals surface area contributed by atoms with Gasteiger partial charge >= 0.3 is 6.09 Å². The van der Waals surface area contributed by atoms with Crippen LogP contribution in [0.4, 0.5) is 10.5 Å². The van der Waals surface area contributed by atoms with Crippen LogP contribution < -0.4 is 9.64 Å². The zero-order valence-electron chi connectivity index (χ0n) is 13.4. The number of nitrogens with zero attached hydrogens (tertiary/aromatic N) is 1. The molecule has 4 nitrogen and oxygen atoms in total. The monoisotopic (exact) mass is 353 g/mol. The first-order valence-corrected chi connectivity index (χ1v) is 8.43. The Hall–Kier alpha value is -2.72. The van der Waals surface area contributed by atoms with Crippen molar-refractivity contribution in [2.75, 3.05) is 18.1 Å². The first-order valence-electron chi connectivity index (χ1n) is 8.05. The predicted octanol–water partition coefficient (Wildman–Crippen LogP) is 4.90. The minimum Gasteiger partial charge on any atom is -0.490 e. The highest BCUT2D eigenvalue weighted by Crippen LogP contribution is 2.30. The predicted molar refractivity (Wildman–Crippen MR) is 98.5 cm³/mol. The van der Waals surface area contributed by atoms with Crippen LogP contribution in [0.5, 0.6) is 5.75 Å². The molecule has 1 saturated heterocycles. The highest BCUT2D eigenvalue weighted by molar-refractivity contribution is 6.30. The summed E-state index contributed by atoms with van der Waals surface area (Å²) in [5, 5.41) is 2.77. The maximum Gasteiger partial charge on any atom is 0.414 e. The topological polar surface area (TPSA) is 38.8 Å². The average molecular weight is 354 g/mol. The minimum absolute atomic E-state index is 0.300. The number of fused-ring (bicyclic) bond motifs is 1. The van der Waals surface area contributed by atoms with Crippen LogP contribution in [0.3, 0.4) is 0 Å². The second kappa shape index (κ2) is 6.65. The summed E-state index contributed by atoms with van der Waals surface area (Å²) in [4.78, 5) is 14.0. The summed E-state index contributed by atoms with van der Waals surface area (Å²) >= 11 is 5.86. The minimum atomic E-state index is -0.346. The molecule has 25 heavy (non-hydrogen) atoms. The number of carbonyl (C=O) groups excluding carboxylic acids is 1. The SMILES string of the molecule is O=C1OC(COc2ccc(Cl)cc2)CN1c1cccc2ccccc12. The Morgan fingerprint density at radius 1 is 1.04 bits per heavy atom. The standard InChI is InChI=1S/C20H16ClNO3/c21-15-8-10-16(11-9-15)24-13-17-12-22(20(23)25-17)19-7-3-5-14-4-1-2-6-18(14)19/h1-11,17H,12-13H2. The van der Waals surface area contributed by atoms with Crippen LogP contribution in [0.2, 0.25) is 5.02 Å². The summed E-state index contributed by atoms with van der Waals surface area (Å²) in [6.07, 6.45) is -0.664. The number of hydrogen-bond donors (Lipinski definition) is 0. The van der Waals surface area contributed by atoms with Crippen LogP contribution >= 0.6 is 11.6 Å². The Kier molecular flexibility index (Phi) is 4.20. The summed E-state index contributed by atoms with van der Waals surface area (Å²) in [5.74, 6) is 0.698. The quantitative estimate of drug-likeness (QED) is 0.669. The van der Waals surface area contributed by atoms with Crippen LogP contribution in [-0.2, 0) is 4.74 Å². The zero-order chi connectivity index (χ0) is 17.2. The van der Waals surface area contributed by atoms with Crippen LogP contribution in [0.15, 0.2) is 66.7 Å². The van der Waals surface area contributed by atoms with E-state index in [1.807, 2.05) is 42.5 Å². The highest BCUT2D eigenvalue weighted by atomic mass is 35.5. The smallest absolute Gasteiger partial charge is 0.414 e. The fraction of sp³-hybridized carbons (Fsp3) is 0.150. The van der Waals surface area contributed by atoms with Crippen LogP contribution in [-0.4, -0.2) is 25.3 Å². The molecule has 0 N–H and O–H groups in total. The van der Waals surface area contributed by atoms with E-state index in [0.29, 0.717) is 23.9 Å². The summed E-state index contributed by atoms with van der Waals surface area (Å²) in [7, 11) is 0. The lowest BCUT2D eigenvalue weighted by atomic mass is 10.1. The third-order valence-electron chi connectivity index (χ3n) is 4.18. The van der Waals surface area contributed by atoms with Crippen molar-refractivity contribution in [3.63, 3.8) is 0 Å². The number of halogens is 1. The first-order chi connectivity index (χ1) is 12.2. The lowest BCUT2D eigenvalue weighted by Gasteiger charge is -2.15. The molecule has 0 aromatic heterocycles. The Bertz CT molecular complexity index is 905. The fourth-order valence-electron chi connectivity index (χ4n) is 2.97. The molecule has 1 amide bonds. The van der Waals surface area contributed by atoms with E-state index in [2.05, 4.69) is 0 Å². The Balaban J connectivity index is 1.49. The van der Waals surface area contributed by atoms with E-state index in [1.54, 1.807) is 29.2 Å². The summed E-state index contributed by atoms with van der Waals surface area (Å²) in [6.45, 7) is 0.759. The van der Waals surface area contributed by atoms with Gasteiger partial charge in [-0.2, -0.15) is 0 Å². The number of anilines is 1. The van der Waals surface area contributed by atoms with Crippen molar-refractivity contribution in [3.8, 4) is 5.75 Å². The molecule has 1 aliphatic rings. The lowest BCUT2D eigenvalue weighted by molar-refractivity contribution is 0.105. The van der Waals surface area contributed by atoms with E-state index < -0.39 is 0 Å². The van der Waals surface area contributed by atoms with Gasteiger partial charge < -0.3 is 9.47 Å². The van der Waals surface area contributed by atoms with Crippen LogP contribution in [0.1, 0.15) is 0 Å². The molecule has 5 heteroatoms. The fourth-order valence-corrected chi connectivity index (χ4v) is 3.09. The van der Waals surface area contributed by atoms with Crippen LogP contribution in [0, 0.1) is 0 Å². The molecule has 0 aliphatic carbocycles. The summed E-state index contributed by atoms with van der Waals surface area (Å²) < 4.78 is 11.2. The Labute approximate surface area is 150 Å². The number of ether oxygens (including phenoxy) is 2. The van der Waals surface area contributed by atoms with E-state index in [1.165, 1.54) is 0 Å². The van der Waals surface area contributed by atoms with Gasteiger partial charge in [0.15, 0.2) is 6.10 Å². The lowest BCUT2D eigenvalue weighted by Crippen LogP contribution is -2.26. The molecular formula is C20H16ClNO3. The number of rotatable bonds is 4. The molecule has 0 saturated carbocycles. The number of hydrogen-bond acceptors (Lipinski definition) is 3. The van der Waals surface area contributed by atoms with Gasteiger partial charge in [-0.1, -0.05) is 48.0 Å². The number of benzene rings is 3. The van der Waals surface area contributed by atoms with Gasteiger partial charge in [-0.25, -0.2) is 4.79 Å². The van der Waals surface area contributed by atoms with Gasteiger partial charge in [-0.3, -0.25) is 4.90 Å². The molecule has 3 aromatic carbocycles. The molecule has 0 radical (unpaired) electrons. The molecule has 1 atom stereocenters.